The van der Waals surface area contributed by atoms with Crippen LogP contribution in [0, 0.1) is 5.92 Å². The van der Waals surface area contributed by atoms with Crippen LogP contribution in [0.4, 0.5) is 0 Å². The fourth-order valence-corrected chi connectivity index (χ4v) is 2.59. The molecule has 2 aliphatic rings. The number of carbonyl (C=O) groups excluding carboxylic acids is 2. The Labute approximate surface area is 117 Å². The van der Waals surface area contributed by atoms with E-state index >= 15 is 0 Å². The molecule has 2 rings (SSSR count). The van der Waals surface area contributed by atoms with Gasteiger partial charge in [0, 0.05) is 26.1 Å². The molecule has 2 heterocycles. The molecule has 1 unspecified atom stereocenters. The van der Waals surface area contributed by atoms with Crippen molar-refractivity contribution >= 4 is 17.8 Å². The Morgan fingerprint density at radius 3 is 2.60 bits per heavy atom. The van der Waals surface area contributed by atoms with Crippen LogP contribution in [-0.4, -0.2) is 60.1 Å². The zero-order chi connectivity index (χ0) is 14.5. The summed E-state index contributed by atoms with van der Waals surface area (Å²) in [6.45, 7) is 1.88. The number of nitrogens with one attached hydrogen (secondary N) is 1. The smallest absolute Gasteiger partial charge is 0.305 e. The molecule has 0 aromatic carbocycles. The zero-order valence-electron chi connectivity index (χ0n) is 11.3. The van der Waals surface area contributed by atoms with Crippen LogP contribution in [0.15, 0.2) is 0 Å². The number of likely N-dealkylation sites (tertiary alicyclic amines) is 1. The molecule has 1 atom stereocenters. The van der Waals surface area contributed by atoms with Crippen LogP contribution in [0.1, 0.15) is 25.7 Å². The Balaban J connectivity index is 1.69. The molecule has 0 aromatic rings. The van der Waals surface area contributed by atoms with Crippen LogP contribution in [0.2, 0.25) is 0 Å². The van der Waals surface area contributed by atoms with Crippen molar-refractivity contribution in [2.45, 2.75) is 31.8 Å². The number of carbonyl (C=O) groups is 3. The first-order chi connectivity index (χ1) is 9.56. The number of ether oxygens (including phenoxy) is 1. The lowest BCUT2D eigenvalue weighted by Gasteiger charge is -2.33. The van der Waals surface area contributed by atoms with E-state index in [1.165, 1.54) is 0 Å². The number of carboxylic acid groups (broad SMARTS) is 1. The second-order valence-corrected chi connectivity index (χ2v) is 5.24. The maximum atomic E-state index is 12.2. The number of rotatable bonds is 5. The lowest BCUT2D eigenvalue weighted by Crippen LogP contribution is -2.44. The third kappa shape index (κ3) is 3.93. The second kappa shape index (κ2) is 6.69. The van der Waals surface area contributed by atoms with Crippen LogP contribution in [0.25, 0.3) is 0 Å². The van der Waals surface area contributed by atoms with Gasteiger partial charge in [0.25, 0.3) is 0 Å². The Morgan fingerprint density at radius 1 is 1.35 bits per heavy atom. The van der Waals surface area contributed by atoms with Gasteiger partial charge in [-0.05, 0) is 12.8 Å². The van der Waals surface area contributed by atoms with Gasteiger partial charge in [-0.25, -0.2) is 0 Å². The quantitative estimate of drug-likeness (QED) is 0.716. The third-order valence-electron chi connectivity index (χ3n) is 3.75. The molecule has 0 radical (unpaired) electrons. The first-order valence-electron chi connectivity index (χ1n) is 6.95. The van der Waals surface area contributed by atoms with E-state index in [9.17, 15) is 14.4 Å². The van der Waals surface area contributed by atoms with Crippen molar-refractivity contribution in [1.82, 2.24) is 10.2 Å². The summed E-state index contributed by atoms with van der Waals surface area (Å²) in [5, 5.41) is 11.2. The van der Waals surface area contributed by atoms with Crippen molar-refractivity contribution < 1.29 is 24.2 Å². The van der Waals surface area contributed by atoms with Crippen LogP contribution in [0.3, 0.4) is 0 Å². The highest BCUT2D eigenvalue weighted by Gasteiger charge is 2.33. The molecule has 112 valence electrons. The Kier molecular flexibility index (Phi) is 4.94. The van der Waals surface area contributed by atoms with Gasteiger partial charge in [-0.3, -0.25) is 14.4 Å². The van der Waals surface area contributed by atoms with Gasteiger partial charge in [0.05, 0.1) is 25.0 Å². The summed E-state index contributed by atoms with van der Waals surface area (Å²) < 4.78 is 5.48. The highest BCUT2D eigenvalue weighted by Crippen LogP contribution is 2.19. The summed E-state index contributed by atoms with van der Waals surface area (Å²) in [4.78, 5) is 35.5. The number of hydrogen-bond donors (Lipinski definition) is 2. The first-order valence-corrected chi connectivity index (χ1v) is 6.95. The molecular formula is C13H20N2O5. The number of carboxylic acids is 1. The average Bonchev–Trinajstić information content (AvgIpc) is 2.85. The summed E-state index contributed by atoms with van der Waals surface area (Å²) in [6.07, 6.45) is 1.77. The van der Waals surface area contributed by atoms with Crippen molar-refractivity contribution in [2.75, 3.05) is 26.2 Å². The normalized spacial score (nSPS) is 23.7. The van der Waals surface area contributed by atoms with Crippen molar-refractivity contribution in [3.8, 4) is 0 Å². The summed E-state index contributed by atoms with van der Waals surface area (Å²) >= 11 is 0. The lowest BCUT2D eigenvalue weighted by molar-refractivity contribution is -0.140. The molecule has 2 N–H and O–H groups in total. The van der Waals surface area contributed by atoms with Gasteiger partial charge in [-0.15, -0.1) is 0 Å². The van der Waals surface area contributed by atoms with E-state index in [1.807, 2.05) is 0 Å². The van der Waals surface area contributed by atoms with E-state index in [0.29, 0.717) is 19.6 Å². The molecule has 0 bridgehead atoms. The Bertz CT molecular complexity index is 390. The van der Waals surface area contributed by atoms with Crippen molar-refractivity contribution in [2.24, 2.45) is 5.92 Å². The predicted molar refractivity (Wildman–Crippen MR) is 68.9 cm³/mol. The minimum atomic E-state index is -0.865. The summed E-state index contributed by atoms with van der Waals surface area (Å²) in [6, 6.07) is 0. The molecule has 2 amide bonds. The molecule has 2 fully saturated rings. The topological polar surface area (TPSA) is 95.9 Å². The fraction of sp³-hybridized carbons (Fsp3) is 0.769. The molecule has 2 aliphatic heterocycles. The molecule has 2 saturated heterocycles. The Morgan fingerprint density at radius 2 is 2.05 bits per heavy atom. The van der Waals surface area contributed by atoms with Crippen LogP contribution in [0.5, 0.6) is 0 Å². The molecule has 20 heavy (non-hydrogen) atoms. The van der Waals surface area contributed by atoms with Gasteiger partial charge in [-0.2, -0.15) is 0 Å². The average molecular weight is 284 g/mol. The molecular weight excluding hydrogens is 264 g/mol. The number of piperidine rings is 1. The van der Waals surface area contributed by atoms with Gasteiger partial charge < -0.3 is 20.1 Å². The van der Waals surface area contributed by atoms with E-state index in [-0.39, 0.29) is 43.3 Å². The van der Waals surface area contributed by atoms with Crippen molar-refractivity contribution in [1.29, 1.82) is 0 Å². The van der Waals surface area contributed by atoms with Crippen LogP contribution in [-0.2, 0) is 19.1 Å². The minimum absolute atomic E-state index is 0.00893. The number of aliphatic carboxylic acids is 1. The maximum absolute atomic E-state index is 12.2. The lowest BCUT2D eigenvalue weighted by atomic mass is 10.0. The zero-order valence-corrected chi connectivity index (χ0v) is 11.3. The highest BCUT2D eigenvalue weighted by atomic mass is 16.5. The van der Waals surface area contributed by atoms with Gasteiger partial charge >= 0.3 is 5.97 Å². The number of nitrogens with zero attached hydrogens (tertiary/aromatic N) is 1. The van der Waals surface area contributed by atoms with Gasteiger partial charge in [0.15, 0.2) is 0 Å². The molecule has 0 aliphatic carbocycles. The van der Waals surface area contributed by atoms with Crippen LogP contribution >= 0.6 is 0 Å². The van der Waals surface area contributed by atoms with Crippen molar-refractivity contribution in [3.63, 3.8) is 0 Å². The fourth-order valence-electron chi connectivity index (χ4n) is 2.59. The standard InChI is InChI=1S/C13H20N2O5/c16-11-7-9(8-14-11)13(19)15-4-1-10(2-5-15)20-6-3-12(17)18/h9-10H,1-8H2,(H,14,16)(H,17,18). The number of amides is 2. The van der Waals surface area contributed by atoms with E-state index < -0.39 is 5.97 Å². The monoisotopic (exact) mass is 284 g/mol. The summed E-state index contributed by atoms with van der Waals surface area (Å²) in [5.74, 6) is -1.12. The molecule has 7 nitrogen and oxygen atoms in total. The van der Waals surface area contributed by atoms with Gasteiger partial charge in [0.2, 0.25) is 11.8 Å². The van der Waals surface area contributed by atoms with E-state index in [0.717, 1.165) is 12.8 Å². The van der Waals surface area contributed by atoms with Gasteiger partial charge in [-0.1, -0.05) is 0 Å². The molecule has 0 aromatic heterocycles. The minimum Gasteiger partial charge on any atom is -0.481 e. The van der Waals surface area contributed by atoms with E-state index in [4.69, 9.17) is 9.84 Å². The molecule has 0 saturated carbocycles. The second-order valence-electron chi connectivity index (χ2n) is 5.24. The predicted octanol–water partition coefficient (Wildman–Crippen LogP) is -0.395. The maximum Gasteiger partial charge on any atom is 0.305 e. The van der Waals surface area contributed by atoms with E-state index in [1.54, 1.807) is 4.90 Å². The number of hydrogen-bond acceptors (Lipinski definition) is 4. The summed E-state index contributed by atoms with van der Waals surface area (Å²) in [7, 11) is 0. The highest BCUT2D eigenvalue weighted by molar-refractivity contribution is 5.89. The van der Waals surface area contributed by atoms with Gasteiger partial charge in [0.1, 0.15) is 0 Å². The van der Waals surface area contributed by atoms with E-state index in [2.05, 4.69) is 5.32 Å². The largest absolute Gasteiger partial charge is 0.481 e. The van der Waals surface area contributed by atoms with Crippen molar-refractivity contribution in [3.05, 3.63) is 0 Å². The molecule has 7 heteroatoms. The Hall–Kier alpha value is -1.63. The molecule has 0 spiro atoms. The summed E-state index contributed by atoms with van der Waals surface area (Å²) in [5.41, 5.74) is 0. The third-order valence-corrected chi connectivity index (χ3v) is 3.75. The SMILES string of the molecule is O=C(O)CCOC1CCN(C(=O)C2CNC(=O)C2)CC1. The van der Waals surface area contributed by atoms with Crippen LogP contribution < -0.4 is 5.32 Å². The first kappa shape index (κ1) is 14.8.